The van der Waals surface area contributed by atoms with E-state index in [1.54, 1.807) is 18.2 Å². The summed E-state index contributed by atoms with van der Waals surface area (Å²) in [5.74, 6) is 11.7. The van der Waals surface area contributed by atoms with Crippen LogP contribution in [0.1, 0.15) is 44.3 Å². The van der Waals surface area contributed by atoms with Crippen molar-refractivity contribution in [3.8, 4) is 35.2 Å². The van der Waals surface area contributed by atoms with Gasteiger partial charge in [0.25, 0.3) is 0 Å². The van der Waals surface area contributed by atoms with Gasteiger partial charge in [-0.2, -0.15) is 0 Å². The number of unbranched alkanes of at least 4 members (excludes halogenated alkanes) is 2. The number of hydrogen-bond acceptors (Lipinski definition) is 4. The zero-order valence-electron chi connectivity index (χ0n) is 12.6. The molecule has 1 aliphatic rings. The van der Waals surface area contributed by atoms with Crippen LogP contribution < -0.4 is 9.47 Å². The molecular weight excluding hydrogens is 280 g/mol. The average molecular weight is 300 g/mol. The molecular formula is C18H20O4. The summed E-state index contributed by atoms with van der Waals surface area (Å²) in [6, 6.07) is 5.18. The maximum atomic E-state index is 9.99. The second-order valence-corrected chi connectivity index (χ2v) is 5.07. The van der Waals surface area contributed by atoms with Gasteiger partial charge in [-0.3, -0.25) is 0 Å². The molecule has 22 heavy (non-hydrogen) atoms. The highest BCUT2D eigenvalue weighted by atomic mass is 16.7. The summed E-state index contributed by atoms with van der Waals surface area (Å²) in [4.78, 5) is 0. The van der Waals surface area contributed by atoms with Crippen LogP contribution >= 0.6 is 0 Å². The maximum Gasteiger partial charge on any atom is 0.231 e. The quantitative estimate of drug-likeness (QED) is 0.647. The van der Waals surface area contributed by atoms with E-state index in [1.807, 2.05) is 0 Å². The van der Waals surface area contributed by atoms with Gasteiger partial charge in [0.1, 0.15) is 12.2 Å². The Kier molecular flexibility index (Phi) is 6.15. The Morgan fingerprint density at radius 2 is 1.86 bits per heavy atom. The molecule has 1 aromatic carbocycles. The topological polar surface area (TPSA) is 58.9 Å². The van der Waals surface area contributed by atoms with Gasteiger partial charge in [-0.15, -0.1) is 0 Å². The summed E-state index contributed by atoms with van der Waals surface area (Å²) >= 11 is 0. The molecule has 0 radical (unpaired) electrons. The van der Waals surface area contributed by atoms with Crippen LogP contribution in [0.15, 0.2) is 18.2 Å². The molecule has 0 saturated carbocycles. The van der Waals surface area contributed by atoms with E-state index in [4.69, 9.17) is 9.47 Å². The number of benzene rings is 1. The molecule has 4 heteroatoms. The lowest BCUT2D eigenvalue weighted by molar-refractivity contribution is 0.173. The fourth-order valence-corrected chi connectivity index (χ4v) is 2.05. The number of ether oxygens (including phenoxy) is 2. The van der Waals surface area contributed by atoms with Gasteiger partial charge < -0.3 is 19.7 Å². The zero-order chi connectivity index (χ0) is 15.8. The lowest BCUT2D eigenvalue weighted by Crippen LogP contribution is -2.01. The average Bonchev–Trinajstić information content (AvgIpc) is 2.99. The van der Waals surface area contributed by atoms with Crippen LogP contribution in [0.25, 0.3) is 0 Å². The minimum absolute atomic E-state index is 0.196. The largest absolute Gasteiger partial charge is 0.454 e. The van der Waals surface area contributed by atoms with Gasteiger partial charge >= 0.3 is 0 Å². The predicted molar refractivity (Wildman–Crippen MR) is 83.2 cm³/mol. The second kappa shape index (κ2) is 8.34. The molecule has 0 spiro atoms. The van der Waals surface area contributed by atoms with Crippen molar-refractivity contribution < 1.29 is 19.7 Å². The molecule has 4 nitrogen and oxygen atoms in total. The van der Waals surface area contributed by atoms with Crippen molar-refractivity contribution >= 4 is 0 Å². The first-order valence-corrected chi connectivity index (χ1v) is 7.47. The van der Waals surface area contributed by atoms with Crippen molar-refractivity contribution in [1.82, 2.24) is 0 Å². The monoisotopic (exact) mass is 300 g/mol. The van der Waals surface area contributed by atoms with Gasteiger partial charge in [0.15, 0.2) is 11.5 Å². The van der Waals surface area contributed by atoms with E-state index in [1.165, 1.54) is 0 Å². The highest BCUT2D eigenvalue weighted by Gasteiger charge is 2.15. The number of fused-ring (bicyclic) bond motifs is 1. The predicted octanol–water partition coefficient (Wildman–Crippen LogP) is 2.40. The van der Waals surface area contributed by atoms with Gasteiger partial charge in [0, 0.05) is 0 Å². The number of hydrogen-bond donors (Lipinski definition) is 2. The molecule has 1 aromatic rings. The van der Waals surface area contributed by atoms with Crippen molar-refractivity contribution in [3.05, 3.63) is 23.8 Å². The molecule has 2 atom stereocenters. The van der Waals surface area contributed by atoms with Gasteiger partial charge in [-0.1, -0.05) is 37.7 Å². The lowest BCUT2D eigenvalue weighted by atomic mass is 10.1. The van der Waals surface area contributed by atoms with Crippen LogP contribution in [0.3, 0.4) is 0 Å². The van der Waals surface area contributed by atoms with Crippen LogP contribution in [-0.2, 0) is 0 Å². The SMILES string of the molecule is CCCCCC(O)C#CC#CC(O)c1ccc2c(c1)OCO2. The summed E-state index contributed by atoms with van der Waals surface area (Å²) < 4.78 is 10.5. The van der Waals surface area contributed by atoms with E-state index in [2.05, 4.69) is 30.6 Å². The Morgan fingerprint density at radius 1 is 1.09 bits per heavy atom. The Bertz CT molecular complexity index is 615. The van der Waals surface area contributed by atoms with Crippen LogP contribution in [0.4, 0.5) is 0 Å². The smallest absolute Gasteiger partial charge is 0.231 e. The van der Waals surface area contributed by atoms with Crippen LogP contribution in [0, 0.1) is 23.7 Å². The van der Waals surface area contributed by atoms with Gasteiger partial charge in [0.2, 0.25) is 6.79 Å². The third-order valence-electron chi connectivity index (χ3n) is 3.30. The summed E-state index contributed by atoms with van der Waals surface area (Å²) in [6.45, 7) is 2.31. The number of aliphatic hydroxyl groups is 2. The van der Waals surface area contributed by atoms with Crippen molar-refractivity contribution in [1.29, 1.82) is 0 Å². The molecule has 0 fully saturated rings. The second-order valence-electron chi connectivity index (χ2n) is 5.07. The Balaban J connectivity index is 1.89. The van der Waals surface area contributed by atoms with Gasteiger partial charge in [-0.05, 0) is 42.4 Å². The Hall–Kier alpha value is -2.14. The molecule has 0 aliphatic carbocycles. The van der Waals surface area contributed by atoms with Crippen molar-refractivity contribution in [3.63, 3.8) is 0 Å². The molecule has 1 heterocycles. The van der Waals surface area contributed by atoms with Crippen LogP contribution in [0.2, 0.25) is 0 Å². The Labute approximate surface area is 131 Å². The van der Waals surface area contributed by atoms with E-state index in [9.17, 15) is 10.2 Å². The summed E-state index contributed by atoms with van der Waals surface area (Å²) in [5.41, 5.74) is 0.627. The molecule has 2 rings (SSSR count). The third-order valence-corrected chi connectivity index (χ3v) is 3.30. The van der Waals surface area contributed by atoms with Gasteiger partial charge in [0.05, 0.1) is 0 Å². The van der Waals surface area contributed by atoms with Crippen molar-refractivity contribution in [2.24, 2.45) is 0 Å². The van der Waals surface area contributed by atoms with E-state index >= 15 is 0 Å². The highest BCUT2D eigenvalue weighted by Crippen LogP contribution is 2.33. The summed E-state index contributed by atoms with van der Waals surface area (Å²) in [7, 11) is 0. The maximum absolute atomic E-state index is 9.99. The summed E-state index contributed by atoms with van der Waals surface area (Å²) in [6.07, 6.45) is 2.23. The van der Waals surface area contributed by atoms with Crippen LogP contribution in [-0.4, -0.2) is 23.1 Å². The standard InChI is InChI=1S/C18H20O4/c1-2-3-4-7-15(19)8-5-6-9-16(20)14-10-11-17-18(12-14)22-13-21-17/h10-12,15-16,19-20H,2-4,7,13H2,1H3. The minimum Gasteiger partial charge on any atom is -0.454 e. The minimum atomic E-state index is -0.943. The molecule has 116 valence electrons. The normalized spacial score (nSPS) is 14.3. The first-order chi connectivity index (χ1) is 10.7. The van der Waals surface area contributed by atoms with E-state index in [0.29, 0.717) is 23.5 Å². The molecule has 1 aliphatic heterocycles. The summed E-state index contributed by atoms with van der Waals surface area (Å²) in [5, 5.41) is 19.6. The Morgan fingerprint density at radius 3 is 2.68 bits per heavy atom. The van der Waals surface area contributed by atoms with E-state index in [0.717, 1.165) is 19.3 Å². The van der Waals surface area contributed by atoms with Crippen molar-refractivity contribution in [2.75, 3.05) is 6.79 Å². The molecule has 0 bridgehead atoms. The zero-order valence-corrected chi connectivity index (χ0v) is 12.6. The fraction of sp³-hybridized carbons (Fsp3) is 0.444. The number of rotatable bonds is 5. The van der Waals surface area contributed by atoms with Gasteiger partial charge in [-0.25, -0.2) is 0 Å². The highest BCUT2D eigenvalue weighted by molar-refractivity contribution is 5.46. The molecule has 0 saturated heterocycles. The third kappa shape index (κ3) is 4.70. The number of aliphatic hydroxyl groups excluding tert-OH is 2. The van der Waals surface area contributed by atoms with E-state index in [-0.39, 0.29) is 6.79 Å². The van der Waals surface area contributed by atoms with Crippen LogP contribution in [0.5, 0.6) is 11.5 Å². The first kappa shape index (κ1) is 16.2. The van der Waals surface area contributed by atoms with Crippen molar-refractivity contribution in [2.45, 2.75) is 44.8 Å². The molecule has 0 amide bonds. The molecule has 2 unspecified atom stereocenters. The molecule has 2 N–H and O–H groups in total. The first-order valence-electron chi connectivity index (χ1n) is 7.47. The van der Waals surface area contributed by atoms with E-state index < -0.39 is 12.2 Å². The lowest BCUT2D eigenvalue weighted by Gasteiger charge is -2.04. The molecule has 0 aromatic heterocycles. The fourth-order valence-electron chi connectivity index (χ4n) is 2.05.